The van der Waals surface area contributed by atoms with Crippen LogP contribution in [0.1, 0.15) is 38.5 Å². The highest BCUT2D eigenvalue weighted by atomic mass is 35.5. The minimum Gasteiger partial charge on any atom is -0.396 e. The van der Waals surface area contributed by atoms with Crippen molar-refractivity contribution in [1.82, 2.24) is 15.1 Å². The summed E-state index contributed by atoms with van der Waals surface area (Å²) in [6, 6.07) is 5.03. The first kappa shape index (κ1) is 23.6. The molecule has 6 nitrogen and oxygen atoms in total. The Hall–Kier alpha value is -1.05. The predicted molar refractivity (Wildman–Crippen MR) is 124 cm³/mol. The molecule has 2 amide bonds. The maximum atomic E-state index is 12.6. The second-order valence-electron chi connectivity index (χ2n) is 8.60. The molecule has 0 spiro atoms. The van der Waals surface area contributed by atoms with Gasteiger partial charge in [-0.1, -0.05) is 29.6 Å². The number of anilines is 1. The summed E-state index contributed by atoms with van der Waals surface area (Å²) >= 11 is 12.0. The zero-order valence-corrected chi connectivity index (χ0v) is 19.1. The fraction of sp³-hybridized carbons (Fsp3) is 0.682. The molecular formula is C22H34Cl2N4O2. The van der Waals surface area contributed by atoms with E-state index >= 15 is 0 Å². The SMILES string of the molecule is O=C(Nc1ccc(Cl)c(Cl)c1)N1CCN(CC[C@@]2(CCCCO)CCCNC2)CC1. The van der Waals surface area contributed by atoms with Crippen molar-refractivity contribution in [3.8, 4) is 0 Å². The smallest absolute Gasteiger partial charge is 0.321 e. The van der Waals surface area contributed by atoms with Gasteiger partial charge in [0.2, 0.25) is 0 Å². The van der Waals surface area contributed by atoms with Crippen molar-refractivity contribution in [1.29, 1.82) is 0 Å². The zero-order valence-electron chi connectivity index (χ0n) is 17.6. The number of unbranched alkanes of at least 4 members (excludes halogenated alkanes) is 1. The first-order valence-corrected chi connectivity index (χ1v) is 11.8. The van der Waals surface area contributed by atoms with Gasteiger partial charge in [0.1, 0.15) is 0 Å². The topological polar surface area (TPSA) is 67.8 Å². The summed E-state index contributed by atoms with van der Waals surface area (Å²) in [5.74, 6) is 0. The molecule has 0 saturated carbocycles. The Bertz CT molecular complexity index is 690. The third-order valence-corrected chi connectivity index (χ3v) is 7.20. The van der Waals surface area contributed by atoms with Gasteiger partial charge in [0.05, 0.1) is 10.0 Å². The van der Waals surface area contributed by atoms with Crippen LogP contribution in [0.5, 0.6) is 0 Å². The van der Waals surface area contributed by atoms with Crippen LogP contribution in [0.15, 0.2) is 18.2 Å². The number of nitrogens with one attached hydrogen (secondary N) is 2. The number of nitrogens with zero attached hydrogens (tertiary/aromatic N) is 2. The van der Waals surface area contributed by atoms with Crippen LogP contribution in [0.4, 0.5) is 10.5 Å². The molecule has 2 saturated heterocycles. The van der Waals surface area contributed by atoms with E-state index < -0.39 is 0 Å². The molecule has 30 heavy (non-hydrogen) atoms. The van der Waals surface area contributed by atoms with E-state index in [1.165, 1.54) is 25.7 Å². The Morgan fingerprint density at radius 1 is 1.13 bits per heavy atom. The molecule has 1 atom stereocenters. The molecular weight excluding hydrogens is 423 g/mol. The highest BCUT2D eigenvalue weighted by molar-refractivity contribution is 6.42. The van der Waals surface area contributed by atoms with E-state index in [-0.39, 0.29) is 12.6 Å². The molecule has 1 aromatic carbocycles. The molecule has 0 radical (unpaired) electrons. The van der Waals surface area contributed by atoms with Gasteiger partial charge < -0.3 is 20.6 Å². The fourth-order valence-corrected chi connectivity index (χ4v) is 4.84. The number of benzene rings is 1. The van der Waals surface area contributed by atoms with Crippen molar-refractivity contribution in [3.05, 3.63) is 28.2 Å². The maximum absolute atomic E-state index is 12.6. The van der Waals surface area contributed by atoms with E-state index in [4.69, 9.17) is 28.3 Å². The summed E-state index contributed by atoms with van der Waals surface area (Å²) in [4.78, 5) is 16.9. The van der Waals surface area contributed by atoms with Crippen LogP contribution in [0, 0.1) is 5.41 Å². The minimum atomic E-state index is -0.0926. The number of carbonyl (C=O) groups is 1. The Balaban J connectivity index is 1.44. The van der Waals surface area contributed by atoms with Gasteiger partial charge in [-0.15, -0.1) is 0 Å². The van der Waals surface area contributed by atoms with Crippen molar-refractivity contribution < 1.29 is 9.90 Å². The molecule has 1 aromatic rings. The van der Waals surface area contributed by atoms with E-state index in [9.17, 15) is 4.79 Å². The molecule has 8 heteroatoms. The van der Waals surface area contributed by atoms with E-state index in [1.807, 2.05) is 4.90 Å². The number of piperazine rings is 1. The molecule has 3 rings (SSSR count). The quantitative estimate of drug-likeness (QED) is 0.515. The number of amides is 2. The first-order chi connectivity index (χ1) is 14.5. The Labute approximate surface area is 189 Å². The van der Waals surface area contributed by atoms with Crippen molar-refractivity contribution in [2.24, 2.45) is 5.41 Å². The number of hydrogen-bond donors (Lipinski definition) is 3. The van der Waals surface area contributed by atoms with Gasteiger partial charge in [0.25, 0.3) is 0 Å². The normalized spacial score (nSPS) is 22.8. The lowest BCUT2D eigenvalue weighted by Crippen LogP contribution is -2.51. The number of urea groups is 1. The van der Waals surface area contributed by atoms with Crippen molar-refractivity contribution in [2.45, 2.75) is 38.5 Å². The summed E-state index contributed by atoms with van der Waals surface area (Å²) in [6.07, 6.45) is 6.88. The number of rotatable bonds is 8. The van der Waals surface area contributed by atoms with Crippen LogP contribution in [-0.2, 0) is 0 Å². The highest BCUT2D eigenvalue weighted by Crippen LogP contribution is 2.36. The summed E-state index contributed by atoms with van der Waals surface area (Å²) in [7, 11) is 0. The summed E-state index contributed by atoms with van der Waals surface area (Å²) in [6.45, 7) is 6.81. The predicted octanol–water partition coefficient (Wildman–Crippen LogP) is 4.07. The van der Waals surface area contributed by atoms with Crippen LogP contribution < -0.4 is 10.6 Å². The Morgan fingerprint density at radius 2 is 1.93 bits per heavy atom. The number of carbonyl (C=O) groups excluding carboxylic acids is 1. The molecule has 168 valence electrons. The summed E-state index contributed by atoms with van der Waals surface area (Å²) in [5, 5.41) is 16.5. The standard InChI is InChI=1S/C22H34Cl2N4O2/c23-19-5-4-18(16-20(19)24)26-21(30)28-13-11-27(12-14-28)10-8-22(6-1-2-15-29)7-3-9-25-17-22/h4-5,16,25,29H,1-3,6-15,17H2,(H,26,30)/t22-/m1/s1. The van der Waals surface area contributed by atoms with Gasteiger partial charge in [-0.2, -0.15) is 0 Å². The molecule has 2 fully saturated rings. The first-order valence-electron chi connectivity index (χ1n) is 11.1. The lowest BCUT2D eigenvalue weighted by molar-refractivity contribution is 0.107. The summed E-state index contributed by atoms with van der Waals surface area (Å²) in [5.41, 5.74) is 1.02. The number of piperidine rings is 1. The second-order valence-corrected chi connectivity index (χ2v) is 9.41. The zero-order chi connectivity index (χ0) is 21.4. The van der Waals surface area contributed by atoms with Gasteiger partial charge in [-0.25, -0.2) is 4.79 Å². The molecule has 2 aliphatic heterocycles. The van der Waals surface area contributed by atoms with Crippen LogP contribution in [0.25, 0.3) is 0 Å². The van der Waals surface area contributed by atoms with Gasteiger partial charge in [-0.3, -0.25) is 4.90 Å². The second kappa shape index (κ2) is 11.5. The van der Waals surface area contributed by atoms with Crippen LogP contribution >= 0.6 is 23.2 Å². The molecule has 0 aromatic heterocycles. The number of aliphatic hydroxyl groups excluding tert-OH is 1. The largest absolute Gasteiger partial charge is 0.396 e. The molecule has 2 heterocycles. The van der Waals surface area contributed by atoms with Crippen LogP contribution in [0.2, 0.25) is 10.0 Å². The van der Waals surface area contributed by atoms with E-state index in [0.29, 0.717) is 21.1 Å². The monoisotopic (exact) mass is 456 g/mol. The Kier molecular flexibility index (Phi) is 9.08. The summed E-state index contributed by atoms with van der Waals surface area (Å²) < 4.78 is 0. The van der Waals surface area contributed by atoms with Crippen molar-refractivity contribution >= 4 is 34.9 Å². The maximum Gasteiger partial charge on any atom is 0.321 e. The van der Waals surface area contributed by atoms with Gasteiger partial charge in [0, 0.05) is 45.0 Å². The van der Waals surface area contributed by atoms with Gasteiger partial charge >= 0.3 is 6.03 Å². The van der Waals surface area contributed by atoms with Gasteiger partial charge in [-0.05, 0) is 68.8 Å². The average molecular weight is 457 g/mol. The lowest BCUT2D eigenvalue weighted by Gasteiger charge is -2.41. The third kappa shape index (κ3) is 6.72. The molecule has 2 aliphatic rings. The van der Waals surface area contributed by atoms with E-state index in [0.717, 1.165) is 58.7 Å². The Morgan fingerprint density at radius 3 is 2.60 bits per heavy atom. The van der Waals surface area contributed by atoms with E-state index in [2.05, 4.69) is 15.5 Å². The lowest BCUT2D eigenvalue weighted by atomic mass is 9.74. The molecule has 0 bridgehead atoms. The van der Waals surface area contributed by atoms with Crippen LogP contribution in [0.3, 0.4) is 0 Å². The third-order valence-electron chi connectivity index (χ3n) is 6.46. The van der Waals surface area contributed by atoms with Crippen molar-refractivity contribution in [3.63, 3.8) is 0 Å². The van der Waals surface area contributed by atoms with Crippen LogP contribution in [-0.4, -0.2) is 73.4 Å². The van der Waals surface area contributed by atoms with E-state index in [1.54, 1.807) is 18.2 Å². The van der Waals surface area contributed by atoms with Gasteiger partial charge in [0.15, 0.2) is 0 Å². The minimum absolute atomic E-state index is 0.0926. The highest BCUT2D eigenvalue weighted by Gasteiger charge is 2.32. The average Bonchev–Trinajstić information content (AvgIpc) is 2.76. The fourth-order valence-electron chi connectivity index (χ4n) is 4.54. The molecule has 0 aliphatic carbocycles. The number of aliphatic hydroxyl groups is 1. The number of hydrogen-bond acceptors (Lipinski definition) is 4. The molecule has 0 unspecified atom stereocenters. The van der Waals surface area contributed by atoms with Crippen molar-refractivity contribution in [2.75, 3.05) is 57.7 Å². The molecule has 3 N–H and O–H groups in total. The number of halogens is 2.